The van der Waals surface area contributed by atoms with E-state index in [-0.39, 0.29) is 18.5 Å². The van der Waals surface area contributed by atoms with Crippen molar-refractivity contribution in [3.8, 4) is 11.3 Å². The molecule has 1 heterocycles. The van der Waals surface area contributed by atoms with Crippen LogP contribution < -0.4 is 0 Å². The summed E-state index contributed by atoms with van der Waals surface area (Å²) < 4.78 is 12.0. The lowest BCUT2D eigenvalue weighted by molar-refractivity contribution is -0.147. The van der Waals surface area contributed by atoms with E-state index in [1.807, 2.05) is 68.4 Å². The van der Waals surface area contributed by atoms with Crippen molar-refractivity contribution in [3.05, 3.63) is 75.9 Å². The Morgan fingerprint density at radius 3 is 2.52 bits per heavy atom. The molecule has 4 nitrogen and oxygen atoms in total. The fourth-order valence-corrected chi connectivity index (χ4v) is 2.86. The van der Waals surface area contributed by atoms with Gasteiger partial charge < -0.3 is 9.26 Å². The first-order chi connectivity index (χ1) is 12.0. The van der Waals surface area contributed by atoms with Gasteiger partial charge in [-0.2, -0.15) is 0 Å². The summed E-state index contributed by atoms with van der Waals surface area (Å²) >= 11 is 3.41. The number of rotatable bonds is 5. The molecular weight excluding hydrogens is 382 g/mol. The third-order valence-electron chi connectivity index (χ3n) is 3.99. The maximum Gasteiger partial charge on any atom is 0.311 e. The lowest BCUT2D eigenvalue weighted by Crippen LogP contribution is -2.12. The van der Waals surface area contributed by atoms with Gasteiger partial charge in [-0.25, -0.2) is 0 Å². The molecule has 3 rings (SSSR count). The summed E-state index contributed by atoms with van der Waals surface area (Å²) in [5.41, 5.74) is 3.29. The van der Waals surface area contributed by atoms with Crippen molar-refractivity contribution in [2.24, 2.45) is 0 Å². The van der Waals surface area contributed by atoms with Gasteiger partial charge in [-0.05, 0) is 31.5 Å². The zero-order valence-electron chi connectivity index (χ0n) is 14.0. The van der Waals surface area contributed by atoms with Gasteiger partial charge in [0.1, 0.15) is 6.10 Å². The Kier molecular flexibility index (Phi) is 5.34. The first-order valence-corrected chi connectivity index (χ1v) is 8.79. The van der Waals surface area contributed by atoms with Gasteiger partial charge in [0.05, 0.1) is 12.1 Å². The van der Waals surface area contributed by atoms with E-state index in [2.05, 4.69) is 21.1 Å². The monoisotopic (exact) mass is 399 g/mol. The molecule has 1 aromatic heterocycles. The Hall–Kier alpha value is -2.40. The quantitative estimate of drug-likeness (QED) is 0.549. The fourth-order valence-electron chi connectivity index (χ4n) is 2.60. The zero-order chi connectivity index (χ0) is 17.8. The smallest absolute Gasteiger partial charge is 0.311 e. The Labute approximate surface area is 154 Å². The summed E-state index contributed by atoms with van der Waals surface area (Å²) in [5.74, 6) is 0.301. The van der Waals surface area contributed by atoms with Crippen LogP contribution in [-0.2, 0) is 16.0 Å². The summed E-state index contributed by atoms with van der Waals surface area (Å²) in [6, 6.07) is 17.4. The molecule has 0 aliphatic carbocycles. The standard InChI is InChI=1S/C20H18BrNO3/c1-13-18(20(25-22-13)16-8-10-17(21)11-9-16)12-19(23)24-14(2)15-6-4-3-5-7-15/h3-11,14H,12H2,1-2H3. The minimum Gasteiger partial charge on any atom is -0.458 e. The molecule has 2 aromatic carbocycles. The van der Waals surface area contributed by atoms with Crippen LogP contribution in [0.4, 0.5) is 0 Å². The van der Waals surface area contributed by atoms with Crippen LogP contribution in [0.15, 0.2) is 63.6 Å². The predicted octanol–water partition coefficient (Wildman–Crippen LogP) is 5.26. The molecule has 0 amide bonds. The average molecular weight is 400 g/mol. The molecule has 1 unspecified atom stereocenters. The van der Waals surface area contributed by atoms with Crippen LogP contribution in [-0.4, -0.2) is 11.1 Å². The van der Waals surface area contributed by atoms with Gasteiger partial charge in [0.2, 0.25) is 0 Å². The molecule has 0 N–H and O–H groups in total. The molecule has 25 heavy (non-hydrogen) atoms. The highest BCUT2D eigenvalue weighted by Gasteiger charge is 2.20. The van der Waals surface area contributed by atoms with E-state index in [0.717, 1.165) is 21.2 Å². The zero-order valence-corrected chi connectivity index (χ0v) is 15.6. The molecule has 0 bridgehead atoms. The van der Waals surface area contributed by atoms with Crippen LogP contribution in [0, 0.1) is 6.92 Å². The number of aryl methyl sites for hydroxylation is 1. The van der Waals surface area contributed by atoms with Crippen molar-refractivity contribution in [2.45, 2.75) is 26.4 Å². The second-order valence-electron chi connectivity index (χ2n) is 5.80. The lowest BCUT2D eigenvalue weighted by atomic mass is 10.0. The van der Waals surface area contributed by atoms with Crippen molar-refractivity contribution in [3.63, 3.8) is 0 Å². The van der Waals surface area contributed by atoms with Gasteiger partial charge in [0.25, 0.3) is 0 Å². The maximum absolute atomic E-state index is 12.4. The first kappa shape index (κ1) is 17.4. The first-order valence-electron chi connectivity index (χ1n) is 8.00. The van der Waals surface area contributed by atoms with Crippen LogP contribution in [0.3, 0.4) is 0 Å². The highest BCUT2D eigenvalue weighted by molar-refractivity contribution is 9.10. The Morgan fingerprint density at radius 2 is 1.84 bits per heavy atom. The molecule has 0 saturated carbocycles. The summed E-state index contributed by atoms with van der Waals surface area (Å²) in [4.78, 5) is 12.4. The van der Waals surface area contributed by atoms with Crippen molar-refractivity contribution >= 4 is 21.9 Å². The summed E-state index contributed by atoms with van der Waals surface area (Å²) in [6.45, 7) is 3.69. The number of aromatic nitrogens is 1. The topological polar surface area (TPSA) is 52.3 Å². The highest BCUT2D eigenvalue weighted by atomic mass is 79.9. The molecule has 0 fully saturated rings. The molecule has 0 spiro atoms. The number of carbonyl (C=O) groups excluding carboxylic acids is 1. The van der Waals surface area contributed by atoms with E-state index in [0.29, 0.717) is 11.5 Å². The summed E-state index contributed by atoms with van der Waals surface area (Å²) in [7, 11) is 0. The van der Waals surface area contributed by atoms with E-state index < -0.39 is 0 Å². The number of hydrogen-bond acceptors (Lipinski definition) is 4. The Balaban J connectivity index is 1.75. The lowest BCUT2D eigenvalue weighted by Gasteiger charge is -2.13. The number of halogens is 1. The number of benzene rings is 2. The van der Waals surface area contributed by atoms with Gasteiger partial charge in [-0.3, -0.25) is 4.79 Å². The van der Waals surface area contributed by atoms with E-state index >= 15 is 0 Å². The van der Waals surface area contributed by atoms with E-state index in [1.54, 1.807) is 0 Å². The van der Waals surface area contributed by atoms with Crippen molar-refractivity contribution in [1.29, 1.82) is 0 Å². The van der Waals surface area contributed by atoms with Gasteiger partial charge >= 0.3 is 5.97 Å². The molecule has 0 saturated heterocycles. The molecule has 5 heteroatoms. The molecular formula is C20H18BrNO3. The van der Waals surface area contributed by atoms with Crippen LogP contribution in [0.1, 0.15) is 29.8 Å². The maximum atomic E-state index is 12.4. The minimum atomic E-state index is -0.305. The molecule has 0 aliphatic heterocycles. The van der Waals surface area contributed by atoms with Crippen LogP contribution in [0.2, 0.25) is 0 Å². The van der Waals surface area contributed by atoms with Crippen molar-refractivity contribution in [1.82, 2.24) is 5.16 Å². The average Bonchev–Trinajstić information content (AvgIpc) is 2.97. The number of ether oxygens (including phenoxy) is 1. The number of esters is 1. The second-order valence-corrected chi connectivity index (χ2v) is 6.72. The van der Waals surface area contributed by atoms with Crippen LogP contribution >= 0.6 is 15.9 Å². The van der Waals surface area contributed by atoms with Gasteiger partial charge in [0, 0.05) is 15.6 Å². The van der Waals surface area contributed by atoms with Crippen LogP contribution in [0.25, 0.3) is 11.3 Å². The second kappa shape index (κ2) is 7.66. The third kappa shape index (κ3) is 4.17. The Bertz CT molecular complexity index is 856. The molecule has 1 atom stereocenters. The van der Waals surface area contributed by atoms with Gasteiger partial charge in [-0.1, -0.05) is 63.6 Å². The van der Waals surface area contributed by atoms with E-state index in [4.69, 9.17) is 9.26 Å². The number of hydrogen-bond donors (Lipinski definition) is 0. The van der Waals surface area contributed by atoms with Crippen LogP contribution in [0.5, 0.6) is 0 Å². The molecule has 0 aliphatic rings. The highest BCUT2D eigenvalue weighted by Crippen LogP contribution is 2.28. The summed E-state index contributed by atoms with van der Waals surface area (Å²) in [6.07, 6.45) is -0.178. The summed E-state index contributed by atoms with van der Waals surface area (Å²) in [5, 5.41) is 4.01. The Morgan fingerprint density at radius 1 is 1.16 bits per heavy atom. The van der Waals surface area contributed by atoms with Crippen molar-refractivity contribution in [2.75, 3.05) is 0 Å². The fraction of sp³-hybridized carbons (Fsp3) is 0.200. The molecule has 3 aromatic rings. The largest absolute Gasteiger partial charge is 0.458 e. The SMILES string of the molecule is Cc1noc(-c2ccc(Br)cc2)c1CC(=O)OC(C)c1ccccc1. The van der Waals surface area contributed by atoms with Gasteiger partial charge in [-0.15, -0.1) is 0 Å². The van der Waals surface area contributed by atoms with E-state index in [9.17, 15) is 4.79 Å². The molecule has 0 radical (unpaired) electrons. The predicted molar refractivity (Wildman–Crippen MR) is 99.0 cm³/mol. The molecule has 128 valence electrons. The third-order valence-corrected chi connectivity index (χ3v) is 4.52. The number of nitrogens with zero attached hydrogens (tertiary/aromatic N) is 1. The number of carbonyl (C=O) groups is 1. The van der Waals surface area contributed by atoms with Crippen molar-refractivity contribution < 1.29 is 14.1 Å². The van der Waals surface area contributed by atoms with Gasteiger partial charge in [0.15, 0.2) is 5.76 Å². The van der Waals surface area contributed by atoms with E-state index in [1.165, 1.54) is 0 Å². The normalized spacial score (nSPS) is 12.0. The minimum absolute atomic E-state index is 0.123.